The highest BCUT2D eigenvalue weighted by atomic mass is 16.5. The average molecular weight is 342 g/mol. The molecule has 0 saturated carbocycles. The van der Waals surface area contributed by atoms with Gasteiger partial charge in [-0.25, -0.2) is 0 Å². The molecule has 1 aliphatic rings. The minimum Gasteiger partial charge on any atom is -0.497 e. The predicted molar refractivity (Wildman–Crippen MR) is 95.6 cm³/mol. The third-order valence-electron chi connectivity index (χ3n) is 4.91. The molecule has 6 heteroatoms. The van der Waals surface area contributed by atoms with Crippen molar-refractivity contribution in [1.82, 2.24) is 19.7 Å². The molecule has 0 spiro atoms. The van der Waals surface area contributed by atoms with E-state index in [1.165, 1.54) is 0 Å². The number of nitrogens with zero attached hydrogens (tertiary/aromatic N) is 4. The lowest BCUT2D eigenvalue weighted by Gasteiger charge is -2.32. The van der Waals surface area contributed by atoms with Crippen LogP contribution in [0.2, 0.25) is 0 Å². The summed E-state index contributed by atoms with van der Waals surface area (Å²) >= 11 is 0. The van der Waals surface area contributed by atoms with Gasteiger partial charge in [-0.2, -0.15) is 0 Å². The lowest BCUT2D eigenvalue weighted by Crippen LogP contribution is -2.39. The van der Waals surface area contributed by atoms with E-state index in [0.29, 0.717) is 12.3 Å². The molecular formula is C19H26N4O2. The van der Waals surface area contributed by atoms with E-state index in [9.17, 15) is 4.79 Å². The Kier molecular flexibility index (Phi) is 5.68. The highest BCUT2D eigenvalue weighted by molar-refractivity contribution is 5.76. The molecule has 1 fully saturated rings. The van der Waals surface area contributed by atoms with E-state index in [1.54, 1.807) is 13.4 Å². The van der Waals surface area contributed by atoms with Gasteiger partial charge in [0.05, 0.1) is 7.11 Å². The fraction of sp³-hybridized carbons (Fsp3) is 0.526. The maximum atomic E-state index is 12.6. The van der Waals surface area contributed by atoms with Crippen LogP contribution in [0, 0.1) is 0 Å². The third kappa shape index (κ3) is 4.18. The molecule has 0 N–H and O–H groups in total. The van der Waals surface area contributed by atoms with Crippen LogP contribution in [0.5, 0.6) is 5.75 Å². The Morgan fingerprint density at radius 2 is 2.12 bits per heavy atom. The van der Waals surface area contributed by atoms with Gasteiger partial charge in [0.1, 0.15) is 17.9 Å². The Morgan fingerprint density at radius 1 is 1.32 bits per heavy atom. The fourth-order valence-corrected chi connectivity index (χ4v) is 3.44. The summed E-state index contributed by atoms with van der Waals surface area (Å²) < 4.78 is 7.25. The molecule has 25 heavy (non-hydrogen) atoms. The van der Waals surface area contributed by atoms with E-state index in [2.05, 4.69) is 21.7 Å². The molecule has 0 aliphatic carbocycles. The first-order chi connectivity index (χ1) is 12.2. The van der Waals surface area contributed by atoms with Gasteiger partial charge in [0, 0.05) is 32.0 Å². The van der Waals surface area contributed by atoms with E-state index in [4.69, 9.17) is 4.74 Å². The summed E-state index contributed by atoms with van der Waals surface area (Å²) in [5, 5.41) is 8.30. The second-order valence-electron chi connectivity index (χ2n) is 6.50. The van der Waals surface area contributed by atoms with Crippen molar-refractivity contribution in [2.24, 2.45) is 0 Å². The monoisotopic (exact) mass is 342 g/mol. The number of likely N-dealkylation sites (tertiary alicyclic amines) is 1. The molecule has 2 aromatic rings. The van der Waals surface area contributed by atoms with Gasteiger partial charge in [0.25, 0.3) is 0 Å². The number of rotatable bonds is 6. The summed E-state index contributed by atoms with van der Waals surface area (Å²) in [6.45, 7) is 4.55. The molecule has 0 bridgehead atoms. The number of hydrogen-bond acceptors (Lipinski definition) is 4. The molecule has 3 rings (SSSR count). The van der Waals surface area contributed by atoms with E-state index < -0.39 is 0 Å². The van der Waals surface area contributed by atoms with Crippen LogP contribution >= 0.6 is 0 Å². The largest absolute Gasteiger partial charge is 0.497 e. The molecule has 1 aromatic heterocycles. The van der Waals surface area contributed by atoms with Gasteiger partial charge in [-0.05, 0) is 43.9 Å². The Labute approximate surface area is 148 Å². The van der Waals surface area contributed by atoms with Crippen LogP contribution in [0.25, 0.3) is 0 Å². The van der Waals surface area contributed by atoms with Crippen LogP contribution in [0.3, 0.4) is 0 Å². The van der Waals surface area contributed by atoms with Crippen molar-refractivity contribution >= 4 is 5.91 Å². The first-order valence-electron chi connectivity index (χ1n) is 8.99. The summed E-state index contributed by atoms with van der Waals surface area (Å²) in [4.78, 5) is 14.6. The van der Waals surface area contributed by atoms with E-state index in [1.807, 2.05) is 29.2 Å². The van der Waals surface area contributed by atoms with Gasteiger partial charge < -0.3 is 14.2 Å². The van der Waals surface area contributed by atoms with Crippen molar-refractivity contribution < 1.29 is 9.53 Å². The Bertz CT molecular complexity index is 696. The number of aryl methyl sites for hydroxylation is 2. The minimum atomic E-state index is 0.225. The topological polar surface area (TPSA) is 60.2 Å². The third-order valence-corrected chi connectivity index (χ3v) is 4.91. The number of hydrogen-bond donors (Lipinski definition) is 0. The number of piperidine rings is 1. The van der Waals surface area contributed by atoms with Gasteiger partial charge in [0.2, 0.25) is 5.91 Å². The van der Waals surface area contributed by atoms with Crippen molar-refractivity contribution in [1.29, 1.82) is 0 Å². The van der Waals surface area contributed by atoms with Crippen molar-refractivity contribution in [3.05, 3.63) is 42.0 Å². The summed E-state index contributed by atoms with van der Waals surface area (Å²) in [6, 6.07) is 7.92. The number of benzene rings is 1. The second-order valence-corrected chi connectivity index (χ2v) is 6.50. The zero-order chi connectivity index (χ0) is 17.6. The molecule has 1 saturated heterocycles. The first-order valence-corrected chi connectivity index (χ1v) is 8.99. The van der Waals surface area contributed by atoms with E-state index >= 15 is 0 Å². The van der Waals surface area contributed by atoms with Crippen LogP contribution in [-0.2, 0) is 17.8 Å². The first kappa shape index (κ1) is 17.5. The predicted octanol–water partition coefficient (Wildman–Crippen LogP) is 2.65. The average Bonchev–Trinajstić information content (AvgIpc) is 3.15. The summed E-state index contributed by atoms with van der Waals surface area (Å²) in [5.41, 5.74) is 1.16. The van der Waals surface area contributed by atoms with Gasteiger partial charge in [-0.1, -0.05) is 12.1 Å². The lowest BCUT2D eigenvalue weighted by molar-refractivity contribution is -0.132. The molecule has 134 valence electrons. The lowest BCUT2D eigenvalue weighted by atomic mass is 9.96. The fourth-order valence-electron chi connectivity index (χ4n) is 3.44. The van der Waals surface area contributed by atoms with Crippen LogP contribution in [0.15, 0.2) is 30.6 Å². The minimum absolute atomic E-state index is 0.225. The van der Waals surface area contributed by atoms with Crippen molar-refractivity contribution in [2.75, 3.05) is 20.2 Å². The van der Waals surface area contributed by atoms with Crippen molar-refractivity contribution in [3.8, 4) is 5.75 Å². The summed E-state index contributed by atoms with van der Waals surface area (Å²) in [7, 11) is 1.66. The molecule has 1 atom stereocenters. The maximum absolute atomic E-state index is 12.6. The molecular weight excluding hydrogens is 316 g/mol. The second kappa shape index (κ2) is 8.14. The molecule has 6 nitrogen and oxygen atoms in total. The van der Waals surface area contributed by atoms with Crippen LogP contribution < -0.4 is 4.74 Å². The molecule has 1 aliphatic heterocycles. The maximum Gasteiger partial charge on any atom is 0.222 e. The Hall–Kier alpha value is -2.37. The summed E-state index contributed by atoms with van der Waals surface area (Å²) in [5.74, 6) is 2.37. The molecule has 0 unspecified atom stereocenters. The van der Waals surface area contributed by atoms with Gasteiger partial charge in [-0.3, -0.25) is 4.79 Å². The number of methoxy groups -OCH3 is 1. The molecule has 1 amide bonds. The molecule has 0 radical (unpaired) electrons. The number of aromatic nitrogens is 3. The smallest absolute Gasteiger partial charge is 0.222 e. The van der Waals surface area contributed by atoms with E-state index in [-0.39, 0.29) is 5.91 Å². The van der Waals surface area contributed by atoms with Crippen LogP contribution in [0.4, 0.5) is 0 Å². The number of carbonyl (C=O) groups excluding carboxylic acids is 1. The van der Waals surface area contributed by atoms with Crippen molar-refractivity contribution in [2.45, 2.75) is 45.1 Å². The summed E-state index contributed by atoms with van der Waals surface area (Å²) in [6.07, 6.45) is 5.17. The highest BCUT2D eigenvalue weighted by Crippen LogP contribution is 2.26. The standard InChI is InChI=1S/C19H26N4O2/c1-3-22-14-20-21-19(22)16-5-4-12-23(13-16)18(24)11-8-15-6-9-17(25-2)10-7-15/h6-7,9-10,14,16H,3-5,8,11-13H2,1-2H3/t16-/m1/s1. The normalized spacial score (nSPS) is 17.5. The van der Waals surface area contributed by atoms with Gasteiger partial charge >= 0.3 is 0 Å². The number of amides is 1. The van der Waals surface area contributed by atoms with Crippen molar-refractivity contribution in [3.63, 3.8) is 0 Å². The number of carbonyl (C=O) groups is 1. The Morgan fingerprint density at radius 3 is 2.84 bits per heavy atom. The SMILES string of the molecule is CCn1cnnc1[C@@H]1CCCN(C(=O)CCc2ccc(OC)cc2)C1. The molecule has 2 heterocycles. The zero-order valence-electron chi connectivity index (χ0n) is 15.0. The zero-order valence-corrected chi connectivity index (χ0v) is 15.0. The van der Waals surface area contributed by atoms with Crippen LogP contribution in [-0.4, -0.2) is 45.8 Å². The quantitative estimate of drug-likeness (QED) is 0.810. The molecule has 1 aromatic carbocycles. The van der Waals surface area contributed by atoms with Crippen LogP contribution in [0.1, 0.15) is 43.5 Å². The van der Waals surface area contributed by atoms with E-state index in [0.717, 1.165) is 56.0 Å². The number of ether oxygens (including phenoxy) is 1. The highest BCUT2D eigenvalue weighted by Gasteiger charge is 2.27. The Balaban J connectivity index is 1.56. The van der Waals surface area contributed by atoms with Gasteiger partial charge in [-0.15, -0.1) is 10.2 Å². The van der Waals surface area contributed by atoms with Gasteiger partial charge in [0.15, 0.2) is 0 Å².